The van der Waals surface area contributed by atoms with Crippen LogP contribution in [0.3, 0.4) is 0 Å². The van der Waals surface area contributed by atoms with Crippen molar-refractivity contribution < 1.29 is 4.42 Å². The Balaban J connectivity index is 1.12. The Morgan fingerprint density at radius 2 is 0.825 bits per heavy atom. The molecule has 0 atom stereocenters. The number of benzene rings is 8. The highest BCUT2D eigenvalue weighted by atomic mass is 16.3. The second-order valence-corrected chi connectivity index (χ2v) is 14.4. The zero-order valence-corrected chi connectivity index (χ0v) is 30.8. The van der Waals surface area contributed by atoms with Gasteiger partial charge in [0.2, 0.25) is 0 Å². The molecular formula is C53H33N3O. The van der Waals surface area contributed by atoms with Crippen molar-refractivity contribution in [2.24, 2.45) is 0 Å². The summed E-state index contributed by atoms with van der Waals surface area (Å²) < 4.78 is 6.43. The average Bonchev–Trinajstić information content (AvgIpc) is 3.68. The van der Waals surface area contributed by atoms with Crippen LogP contribution in [0.25, 0.3) is 111 Å². The smallest absolute Gasteiger partial charge is 0.160 e. The molecule has 0 N–H and O–H groups in total. The fourth-order valence-corrected chi connectivity index (χ4v) is 8.06. The van der Waals surface area contributed by atoms with Gasteiger partial charge in [0.25, 0.3) is 0 Å². The molecule has 0 amide bonds. The summed E-state index contributed by atoms with van der Waals surface area (Å²) in [6.07, 6.45) is 0. The molecule has 0 aliphatic carbocycles. The number of nitrogens with zero attached hydrogens (tertiary/aromatic N) is 3. The van der Waals surface area contributed by atoms with E-state index >= 15 is 0 Å². The monoisotopic (exact) mass is 727 g/mol. The maximum Gasteiger partial charge on any atom is 0.160 e. The minimum absolute atomic E-state index is 0.667. The van der Waals surface area contributed by atoms with Crippen LogP contribution in [0.5, 0.6) is 0 Å². The summed E-state index contributed by atoms with van der Waals surface area (Å²) in [6, 6.07) is 69.6. The van der Waals surface area contributed by atoms with E-state index in [1.165, 1.54) is 11.1 Å². The molecule has 11 rings (SSSR count). The first kappa shape index (κ1) is 32.7. The van der Waals surface area contributed by atoms with Gasteiger partial charge in [-0.25, -0.2) is 15.0 Å². The predicted octanol–water partition coefficient (Wildman–Crippen LogP) is 14.1. The van der Waals surface area contributed by atoms with Gasteiger partial charge in [-0.2, -0.15) is 0 Å². The van der Waals surface area contributed by atoms with E-state index in [-0.39, 0.29) is 0 Å². The SMILES string of the molecule is c1ccc(-c2ccc(-c3cc(-c4ccc5nc(-c6ccccc6)c6ccc7oc8ccccc8c7c6c5c4)nc(-c4ccc(-c5ccccc5)cc4)n3)cc2)cc1. The molecule has 0 saturated heterocycles. The van der Waals surface area contributed by atoms with Crippen molar-refractivity contribution in [1.82, 2.24) is 15.0 Å². The molecule has 3 aromatic heterocycles. The molecule has 0 unspecified atom stereocenters. The third-order valence-corrected chi connectivity index (χ3v) is 10.9. The molecule has 11 aromatic rings. The Hall–Kier alpha value is -7.69. The van der Waals surface area contributed by atoms with E-state index in [2.05, 4.69) is 170 Å². The molecular weight excluding hydrogens is 695 g/mol. The fourth-order valence-electron chi connectivity index (χ4n) is 8.06. The van der Waals surface area contributed by atoms with Crippen molar-refractivity contribution in [2.45, 2.75) is 0 Å². The third kappa shape index (κ3) is 5.83. The van der Waals surface area contributed by atoms with E-state index in [1.54, 1.807) is 0 Å². The maximum absolute atomic E-state index is 6.43. The molecule has 0 bridgehead atoms. The summed E-state index contributed by atoms with van der Waals surface area (Å²) >= 11 is 0. The first-order valence-electron chi connectivity index (χ1n) is 19.2. The van der Waals surface area contributed by atoms with E-state index in [9.17, 15) is 0 Å². The van der Waals surface area contributed by atoms with Crippen LogP contribution in [0, 0.1) is 0 Å². The normalized spacial score (nSPS) is 11.5. The lowest BCUT2D eigenvalue weighted by molar-refractivity contribution is 0.669. The van der Waals surface area contributed by atoms with Gasteiger partial charge in [0, 0.05) is 49.2 Å². The molecule has 0 saturated carbocycles. The molecule has 0 radical (unpaired) electrons. The van der Waals surface area contributed by atoms with Gasteiger partial charge < -0.3 is 4.42 Å². The first-order valence-corrected chi connectivity index (χ1v) is 19.2. The lowest BCUT2D eigenvalue weighted by Crippen LogP contribution is -1.97. The molecule has 8 aromatic carbocycles. The molecule has 0 aliphatic heterocycles. The highest BCUT2D eigenvalue weighted by Gasteiger charge is 2.19. The Morgan fingerprint density at radius 3 is 1.49 bits per heavy atom. The number of hydrogen-bond donors (Lipinski definition) is 0. The van der Waals surface area contributed by atoms with Crippen molar-refractivity contribution in [3.05, 3.63) is 200 Å². The summed E-state index contributed by atoms with van der Waals surface area (Å²) in [7, 11) is 0. The van der Waals surface area contributed by atoms with Crippen LogP contribution in [0.2, 0.25) is 0 Å². The Bertz CT molecular complexity index is 3150. The number of furan rings is 1. The van der Waals surface area contributed by atoms with Gasteiger partial charge in [0.05, 0.1) is 22.6 Å². The van der Waals surface area contributed by atoms with Crippen LogP contribution in [0.4, 0.5) is 0 Å². The van der Waals surface area contributed by atoms with Crippen LogP contribution in [-0.4, -0.2) is 15.0 Å². The van der Waals surface area contributed by atoms with Crippen molar-refractivity contribution in [1.29, 1.82) is 0 Å². The lowest BCUT2D eigenvalue weighted by Gasteiger charge is -2.14. The molecule has 3 heterocycles. The Labute approximate surface area is 329 Å². The Kier molecular flexibility index (Phi) is 7.78. The summed E-state index contributed by atoms with van der Waals surface area (Å²) in [5, 5.41) is 5.41. The largest absolute Gasteiger partial charge is 0.456 e. The second kappa shape index (κ2) is 13.6. The van der Waals surface area contributed by atoms with Crippen LogP contribution in [0.15, 0.2) is 205 Å². The van der Waals surface area contributed by atoms with Crippen molar-refractivity contribution in [2.75, 3.05) is 0 Å². The van der Waals surface area contributed by atoms with Crippen LogP contribution >= 0.6 is 0 Å². The first-order chi connectivity index (χ1) is 28.2. The average molecular weight is 728 g/mol. The van der Waals surface area contributed by atoms with Crippen molar-refractivity contribution in [3.63, 3.8) is 0 Å². The van der Waals surface area contributed by atoms with Crippen LogP contribution in [-0.2, 0) is 0 Å². The number of rotatable bonds is 6. The van der Waals surface area contributed by atoms with Crippen LogP contribution in [0.1, 0.15) is 0 Å². The van der Waals surface area contributed by atoms with Gasteiger partial charge >= 0.3 is 0 Å². The highest BCUT2D eigenvalue weighted by molar-refractivity contribution is 6.28. The highest BCUT2D eigenvalue weighted by Crippen LogP contribution is 2.42. The zero-order chi connectivity index (χ0) is 37.7. The van der Waals surface area contributed by atoms with E-state index in [1.807, 2.05) is 30.3 Å². The second-order valence-electron chi connectivity index (χ2n) is 14.4. The van der Waals surface area contributed by atoms with Gasteiger partial charge in [0.1, 0.15) is 11.2 Å². The summed E-state index contributed by atoms with van der Waals surface area (Å²) in [4.78, 5) is 15.8. The molecule has 266 valence electrons. The number of pyridine rings is 1. The zero-order valence-electron chi connectivity index (χ0n) is 30.8. The molecule has 57 heavy (non-hydrogen) atoms. The molecule has 0 aliphatic rings. The van der Waals surface area contributed by atoms with Crippen molar-refractivity contribution >= 4 is 43.6 Å². The summed E-state index contributed by atoms with van der Waals surface area (Å²) in [5.74, 6) is 0.667. The van der Waals surface area contributed by atoms with E-state index < -0.39 is 0 Å². The van der Waals surface area contributed by atoms with Gasteiger partial charge in [-0.1, -0.05) is 164 Å². The number of para-hydroxylation sites is 1. The lowest BCUT2D eigenvalue weighted by atomic mass is 9.94. The topological polar surface area (TPSA) is 51.8 Å². The summed E-state index contributed by atoms with van der Waals surface area (Å²) in [5.41, 5.74) is 13.9. The predicted molar refractivity (Wildman–Crippen MR) is 235 cm³/mol. The maximum atomic E-state index is 6.43. The number of aromatic nitrogens is 3. The third-order valence-electron chi connectivity index (χ3n) is 10.9. The molecule has 4 nitrogen and oxygen atoms in total. The molecule has 0 fully saturated rings. The minimum Gasteiger partial charge on any atom is -0.456 e. The van der Waals surface area contributed by atoms with Gasteiger partial charge in [-0.05, 0) is 58.7 Å². The number of fused-ring (bicyclic) bond motifs is 7. The quantitative estimate of drug-likeness (QED) is 0.160. The van der Waals surface area contributed by atoms with Crippen molar-refractivity contribution in [3.8, 4) is 67.4 Å². The minimum atomic E-state index is 0.667. The van der Waals surface area contributed by atoms with Crippen LogP contribution < -0.4 is 0 Å². The number of hydrogen-bond acceptors (Lipinski definition) is 4. The van der Waals surface area contributed by atoms with E-state index in [0.29, 0.717) is 5.82 Å². The van der Waals surface area contributed by atoms with Gasteiger partial charge in [0.15, 0.2) is 5.82 Å². The van der Waals surface area contributed by atoms with E-state index in [0.717, 1.165) is 94.1 Å². The van der Waals surface area contributed by atoms with Gasteiger partial charge in [-0.15, -0.1) is 0 Å². The van der Waals surface area contributed by atoms with Gasteiger partial charge in [-0.3, -0.25) is 0 Å². The van der Waals surface area contributed by atoms with E-state index in [4.69, 9.17) is 19.4 Å². The molecule has 4 heteroatoms. The fraction of sp³-hybridized carbons (Fsp3) is 0. The Morgan fingerprint density at radius 1 is 0.298 bits per heavy atom. The summed E-state index contributed by atoms with van der Waals surface area (Å²) in [6.45, 7) is 0. The standard InChI is InChI=1S/C53H33N3O/c1-4-12-34(13-5-1)36-20-24-38(25-21-36)46-33-47(56-53(55-46)40-26-22-37(23-27-40)35-14-6-2-7-15-35)41-28-30-45-44(32-41)50-43(52(54-45)39-16-8-3-9-17-39)29-31-49-51(50)42-18-10-11-19-48(42)57-49/h1-33H. The molecule has 0 spiro atoms.